The number of nitrogens with zero attached hydrogens (tertiary/aromatic N) is 2. The van der Waals surface area contributed by atoms with Gasteiger partial charge in [-0.05, 0) is 38.7 Å². The van der Waals surface area contributed by atoms with Crippen molar-refractivity contribution in [3.63, 3.8) is 0 Å². The second-order valence-electron chi connectivity index (χ2n) is 5.09. The lowest BCUT2D eigenvalue weighted by molar-refractivity contribution is -0.142. The minimum Gasteiger partial charge on any atom is -0.481 e. The SMILES string of the molecule is Cc1nc(NC2CCC(C(=O)O)CC2)c(Cl)cc1C#N. The van der Waals surface area contributed by atoms with Crippen LogP contribution in [0.4, 0.5) is 5.82 Å². The van der Waals surface area contributed by atoms with Crippen molar-refractivity contribution in [2.24, 2.45) is 5.92 Å². The molecule has 0 radical (unpaired) electrons. The number of hydrogen-bond acceptors (Lipinski definition) is 4. The Balaban J connectivity index is 2.03. The molecule has 1 aliphatic rings. The second kappa shape index (κ2) is 6.10. The average Bonchev–Trinajstić information content (AvgIpc) is 2.43. The number of nitriles is 1. The summed E-state index contributed by atoms with van der Waals surface area (Å²) in [6.45, 7) is 1.77. The molecule has 6 heteroatoms. The molecule has 0 aromatic carbocycles. The number of aromatic nitrogens is 1. The van der Waals surface area contributed by atoms with Gasteiger partial charge in [0.15, 0.2) is 0 Å². The van der Waals surface area contributed by atoms with Gasteiger partial charge >= 0.3 is 5.97 Å². The van der Waals surface area contributed by atoms with Gasteiger partial charge in [0.25, 0.3) is 0 Å². The van der Waals surface area contributed by atoms with Gasteiger partial charge in [0.05, 0.1) is 22.2 Å². The van der Waals surface area contributed by atoms with Crippen LogP contribution < -0.4 is 5.32 Å². The smallest absolute Gasteiger partial charge is 0.306 e. The van der Waals surface area contributed by atoms with Crippen molar-refractivity contribution in [3.05, 3.63) is 22.3 Å². The number of pyridine rings is 1. The Morgan fingerprint density at radius 3 is 2.70 bits per heavy atom. The Bertz CT molecular complexity index is 560. The average molecular weight is 294 g/mol. The fourth-order valence-electron chi connectivity index (χ4n) is 2.47. The van der Waals surface area contributed by atoms with E-state index in [0.717, 1.165) is 12.8 Å². The monoisotopic (exact) mass is 293 g/mol. The molecule has 0 bridgehead atoms. The minimum absolute atomic E-state index is 0.183. The lowest BCUT2D eigenvalue weighted by atomic mass is 9.86. The van der Waals surface area contributed by atoms with Crippen LogP contribution in [0.1, 0.15) is 36.9 Å². The van der Waals surface area contributed by atoms with E-state index in [4.69, 9.17) is 22.0 Å². The van der Waals surface area contributed by atoms with Gasteiger partial charge in [-0.25, -0.2) is 4.98 Å². The number of nitrogens with one attached hydrogen (secondary N) is 1. The van der Waals surface area contributed by atoms with Crippen molar-refractivity contribution < 1.29 is 9.90 Å². The van der Waals surface area contributed by atoms with Gasteiger partial charge in [-0.3, -0.25) is 4.79 Å². The van der Waals surface area contributed by atoms with Gasteiger partial charge in [0.1, 0.15) is 11.9 Å². The molecular weight excluding hydrogens is 278 g/mol. The van der Waals surface area contributed by atoms with E-state index in [2.05, 4.69) is 10.3 Å². The Labute approximate surface area is 122 Å². The van der Waals surface area contributed by atoms with Crippen LogP contribution in [0.3, 0.4) is 0 Å². The molecule has 106 valence electrons. The van der Waals surface area contributed by atoms with E-state index in [1.54, 1.807) is 13.0 Å². The molecule has 0 saturated heterocycles. The first-order valence-electron chi connectivity index (χ1n) is 6.58. The topological polar surface area (TPSA) is 86.0 Å². The highest BCUT2D eigenvalue weighted by molar-refractivity contribution is 6.33. The fraction of sp³-hybridized carbons (Fsp3) is 0.500. The molecule has 2 N–H and O–H groups in total. The molecule has 1 aromatic rings. The van der Waals surface area contributed by atoms with Gasteiger partial charge in [0.2, 0.25) is 0 Å². The van der Waals surface area contributed by atoms with E-state index in [-0.39, 0.29) is 12.0 Å². The zero-order chi connectivity index (χ0) is 14.7. The van der Waals surface area contributed by atoms with Crippen LogP contribution in [0.5, 0.6) is 0 Å². The molecule has 20 heavy (non-hydrogen) atoms. The number of carbonyl (C=O) groups is 1. The van der Waals surface area contributed by atoms with Crippen molar-refractivity contribution in [2.45, 2.75) is 38.6 Å². The Kier molecular flexibility index (Phi) is 4.46. The minimum atomic E-state index is -0.714. The van der Waals surface area contributed by atoms with Crippen molar-refractivity contribution in [1.29, 1.82) is 5.26 Å². The summed E-state index contributed by atoms with van der Waals surface area (Å²) in [6.07, 6.45) is 2.90. The quantitative estimate of drug-likeness (QED) is 0.895. The van der Waals surface area contributed by atoms with Gasteiger partial charge in [0, 0.05) is 6.04 Å². The maximum absolute atomic E-state index is 10.9. The van der Waals surface area contributed by atoms with Crippen molar-refractivity contribution in [1.82, 2.24) is 4.98 Å². The molecule has 0 amide bonds. The van der Waals surface area contributed by atoms with E-state index in [1.807, 2.05) is 6.07 Å². The third kappa shape index (κ3) is 3.20. The van der Waals surface area contributed by atoms with Crippen LogP contribution >= 0.6 is 11.6 Å². The standard InChI is InChI=1S/C14H16ClN3O2/c1-8-10(7-16)6-12(15)13(17-8)18-11-4-2-9(3-5-11)14(19)20/h6,9,11H,2-5H2,1H3,(H,17,18)(H,19,20). The van der Waals surface area contributed by atoms with Crippen molar-refractivity contribution in [2.75, 3.05) is 5.32 Å². The largest absolute Gasteiger partial charge is 0.481 e. The zero-order valence-corrected chi connectivity index (χ0v) is 11.9. The molecule has 1 fully saturated rings. The van der Waals surface area contributed by atoms with Crippen LogP contribution in [0.15, 0.2) is 6.07 Å². The maximum Gasteiger partial charge on any atom is 0.306 e. The number of anilines is 1. The molecule has 2 rings (SSSR count). The number of carboxylic acid groups (broad SMARTS) is 1. The summed E-state index contributed by atoms with van der Waals surface area (Å²) >= 11 is 6.11. The second-order valence-corrected chi connectivity index (χ2v) is 5.50. The molecule has 5 nitrogen and oxygen atoms in total. The third-order valence-electron chi connectivity index (χ3n) is 3.70. The zero-order valence-electron chi connectivity index (χ0n) is 11.2. The Hall–Kier alpha value is -1.80. The number of carboxylic acids is 1. The molecule has 0 spiro atoms. The summed E-state index contributed by atoms with van der Waals surface area (Å²) in [4.78, 5) is 15.2. The van der Waals surface area contributed by atoms with Gasteiger partial charge in [-0.2, -0.15) is 5.26 Å². The Morgan fingerprint density at radius 1 is 1.50 bits per heavy atom. The summed E-state index contributed by atoms with van der Waals surface area (Å²) in [7, 11) is 0. The lowest BCUT2D eigenvalue weighted by Crippen LogP contribution is -2.29. The van der Waals surface area contributed by atoms with Crippen LogP contribution in [0, 0.1) is 24.2 Å². The summed E-state index contributed by atoms with van der Waals surface area (Å²) < 4.78 is 0. The highest BCUT2D eigenvalue weighted by Crippen LogP contribution is 2.29. The molecule has 1 aliphatic carbocycles. The first-order chi connectivity index (χ1) is 9.51. The molecule has 0 atom stereocenters. The van der Waals surface area contributed by atoms with E-state index in [9.17, 15) is 4.79 Å². The number of hydrogen-bond donors (Lipinski definition) is 2. The van der Waals surface area contributed by atoms with E-state index in [1.165, 1.54) is 0 Å². The number of halogens is 1. The van der Waals surface area contributed by atoms with Crippen molar-refractivity contribution in [3.8, 4) is 6.07 Å². The molecule has 1 heterocycles. The van der Waals surface area contributed by atoms with Crippen LogP contribution in [0.2, 0.25) is 5.02 Å². The number of rotatable bonds is 3. The maximum atomic E-state index is 10.9. The fourth-order valence-corrected chi connectivity index (χ4v) is 2.68. The van der Waals surface area contributed by atoms with E-state index < -0.39 is 5.97 Å². The van der Waals surface area contributed by atoms with Gasteiger partial charge in [-0.15, -0.1) is 0 Å². The van der Waals surface area contributed by atoms with Gasteiger partial charge in [-0.1, -0.05) is 11.6 Å². The first kappa shape index (κ1) is 14.6. The molecular formula is C14H16ClN3O2. The highest BCUT2D eigenvalue weighted by atomic mass is 35.5. The summed E-state index contributed by atoms with van der Waals surface area (Å²) in [5, 5.41) is 21.6. The Morgan fingerprint density at radius 2 is 2.15 bits per heavy atom. The molecule has 1 saturated carbocycles. The normalized spacial score (nSPS) is 22.1. The predicted octanol–water partition coefficient (Wildman–Crippen LogP) is 2.97. The van der Waals surface area contributed by atoms with Crippen LogP contribution in [-0.2, 0) is 4.79 Å². The highest BCUT2D eigenvalue weighted by Gasteiger charge is 2.26. The molecule has 0 unspecified atom stereocenters. The third-order valence-corrected chi connectivity index (χ3v) is 3.99. The van der Waals surface area contributed by atoms with Crippen molar-refractivity contribution >= 4 is 23.4 Å². The van der Waals surface area contributed by atoms with E-state index >= 15 is 0 Å². The molecule has 0 aliphatic heterocycles. The van der Waals surface area contributed by atoms with Crippen LogP contribution in [0.25, 0.3) is 0 Å². The predicted molar refractivity (Wildman–Crippen MR) is 75.7 cm³/mol. The summed E-state index contributed by atoms with van der Waals surface area (Å²) in [6, 6.07) is 3.83. The van der Waals surface area contributed by atoms with Gasteiger partial charge < -0.3 is 10.4 Å². The van der Waals surface area contributed by atoms with E-state index in [0.29, 0.717) is 34.9 Å². The molecule has 1 aromatic heterocycles. The number of aliphatic carboxylic acids is 1. The summed E-state index contributed by atoms with van der Waals surface area (Å²) in [5.74, 6) is -0.380. The number of aryl methyl sites for hydroxylation is 1. The lowest BCUT2D eigenvalue weighted by Gasteiger charge is -2.27. The van der Waals surface area contributed by atoms with Crippen LogP contribution in [-0.4, -0.2) is 22.1 Å². The summed E-state index contributed by atoms with van der Waals surface area (Å²) in [5.41, 5.74) is 1.11. The first-order valence-corrected chi connectivity index (χ1v) is 6.95.